The molecule has 8 nitrogen and oxygen atoms in total. The van der Waals surface area contributed by atoms with Crippen LogP contribution in [0, 0.1) is 23.6 Å². The van der Waals surface area contributed by atoms with Gasteiger partial charge < -0.3 is 20.1 Å². The second-order valence-corrected chi connectivity index (χ2v) is 9.73. The monoisotopic (exact) mass is 517 g/mol. The fourth-order valence-electron chi connectivity index (χ4n) is 5.69. The van der Waals surface area contributed by atoms with Crippen LogP contribution in [-0.4, -0.2) is 57.9 Å². The normalized spacial score (nSPS) is 22.9. The number of hydrogen-bond donors (Lipinski definition) is 3. The number of aromatic hydroxyl groups is 1. The van der Waals surface area contributed by atoms with E-state index in [1.807, 2.05) is 19.9 Å². The summed E-state index contributed by atoms with van der Waals surface area (Å²) in [7, 11) is 1.10. The number of aliphatic hydroxyl groups excluding tert-OH is 2. The highest BCUT2D eigenvalue weighted by Crippen LogP contribution is 2.47. The first-order valence-electron chi connectivity index (χ1n) is 12.8. The van der Waals surface area contributed by atoms with Gasteiger partial charge in [0.25, 0.3) is 0 Å². The molecule has 0 radical (unpaired) electrons. The van der Waals surface area contributed by atoms with E-state index in [1.165, 1.54) is 12.1 Å². The molecule has 0 unspecified atom stereocenters. The number of hydrogen-bond acceptors (Lipinski definition) is 7. The van der Waals surface area contributed by atoms with Gasteiger partial charge in [-0.05, 0) is 55.4 Å². The van der Waals surface area contributed by atoms with Crippen LogP contribution in [0.15, 0.2) is 34.9 Å². The Balaban J connectivity index is 1.88. The Morgan fingerprint density at radius 1 is 1.22 bits per heavy atom. The van der Waals surface area contributed by atoms with Crippen LogP contribution in [0.4, 0.5) is 9.18 Å². The first kappa shape index (κ1) is 28.5. The Kier molecular flexibility index (Phi) is 9.62. The summed E-state index contributed by atoms with van der Waals surface area (Å²) < 4.78 is 18.4. The summed E-state index contributed by atoms with van der Waals surface area (Å²) in [4.78, 5) is 38.7. The third-order valence-corrected chi connectivity index (χ3v) is 7.30. The van der Waals surface area contributed by atoms with Crippen molar-refractivity contribution in [2.75, 3.05) is 13.7 Å². The number of ether oxygens (including phenoxy) is 1. The maximum Gasteiger partial charge on any atom is 0.423 e. The minimum Gasteiger partial charge on any atom is -0.505 e. The zero-order chi connectivity index (χ0) is 27.3. The van der Waals surface area contributed by atoms with Gasteiger partial charge in [-0.15, -0.1) is 0 Å². The SMILES string of the molecule is CCCC1=C([C@H](O)CC/C(=C/c2ccc(O)c(F)c2)CCC)[C@H](CO)[C@@H]2C(=O)N(C(=O)OC)C(=O)[C@@H]2C1. The van der Waals surface area contributed by atoms with Crippen LogP contribution in [0.2, 0.25) is 0 Å². The number of carbonyl (C=O) groups is 3. The number of methoxy groups -OCH3 is 1. The van der Waals surface area contributed by atoms with Crippen molar-refractivity contribution < 1.29 is 38.8 Å². The van der Waals surface area contributed by atoms with Crippen molar-refractivity contribution in [3.8, 4) is 5.75 Å². The molecule has 4 atom stereocenters. The van der Waals surface area contributed by atoms with Crippen molar-refractivity contribution in [1.82, 2.24) is 4.90 Å². The quantitative estimate of drug-likeness (QED) is 0.312. The molecule has 0 aromatic heterocycles. The second-order valence-electron chi connectivity index (χ2n) is 9.73. The molecule has 0 bridgehead atoms. The van der Waals surface area contributed by atoms with E-state index in [1.54, 1.807) is 6.07 Å². The van der Waals surface area contributed by atoms with Gasteiger partial charge in [-0.2, -0.15) is 4.90 Å². The number of nitrogens with zero attached hydrogens (tertiary/aromatic N) is 1. The van der Waals surface area contributed by atoms with E-state index in [-0.39, 0.29) is 6.42 Å². The summed E-state index contributed by atoms with van der Waals surface area (Å²) >= 11 is 0. The summed E-state index contributed by atoms with van der Waals surface area (Å²) in [6, 6.07) is 4.16. The van der Waals surface area contributed by atoms with E-state index < -0.39 is 59.9 Å². The summed E-state index contributed by atoms with van der Waals surface area (Å²) in [6.07, 6.45) is 3.79. The average molecular weight is 518 g/mol. The molecular weight excluding hydrogens is 481 g/mol. The summed E-state index contributed by atoms with van der Waals surface area (Å²) in [5, 5.41) is 31.1. The van der Waals surface area contributed by atoms with Gasteiger partial charge in [0.15, 0.2) is 11.6 Å². The summed E-state index contributed by atoms with van der Waals surface area (Å²) in [6.45, 7) is 3.54. The van der Waals surface area contributed by atoms with Crippen LogP contribution in [0.3, 0.4) is 0 Å². The molecule has 1 aliphatic heterocycles. The molecule has 9 heteroatoms. The number of rotatable bonds is 10. The third-order valence-electron chi connectivity index (χ3n) is 7.30. The maximum absolute atomic E-state index is 13.8. The number of phenolic OH excluding ortho intramolecular Hbond substituents is 1. The minimum atomic E-state index is -1.04. The van der Waals surface area contributed by atoms with Crippen molar-refractivity contribution in [1.29, 1.82) is 0 Å². The van der Waals surface area contributed by atoms with E-state index in [0.717, 1.165) is 37.5 Å². The molecule has 3 rings (SSSR count). The molecule has 37 heavy (non-hydrogen) atoms. The van der Waals surface area contributed by atoms with E-state index >= 15 is 0 Å². The lowest BCUT2D eigenvalue weighted by Crippen LogP contribution is -2.40. The Labute approximate surface area is 216 Å². The molecule has 1 saturated heterocycles. The molecule has 0 spiro atoms. The highest BCUT2D eigenvalue weighted by molar-refractivity contribution is 6.15. The molecule has 1 heterocycles. The summed E-state index contributed by atoms with van der Waals surface area (Å²) in [5.41, 5.74) is 3.00. The van der Waals surface area contributed by atoms with E-state index in [0.29, 0.717) is 35.3 Å². The highest BCUT2D eigenvalue weighted by atomic mass is 19.1. The summed E-state index contributed by atoms with van der Waals surface area (Å²) in [5.74, 6) is -4.96. The lowest BCUT2D eigenvalue weighted by Gasteiger charge is -2.36. The number of amides is 3. The van der Waals surface area contributed by atoms with Gasteiger partial charge in [-0.1, -0.05) is 50.0 Å². The molecular formula is C28H36FNO7. The van der Waals surface area contributed by atoms with E-state index in [2.05, 4.69) is 4.74 Å². The molecule has 2 aliphatic rings. The number of halogens is 1. The standard InChI is InChI=1S/C28H36FNO7/c1-4-6-16(12-17-9-10-22(32)21(29)13-17)8-11-23(33)24-18(7-5-2)14-19-25(20(24)15-31)27(35)30(26(19)34)28(36)37-3/h9-10,12-13,19-20,23,25,31-33H,4-8,11,14-15H2,1-3H3/b16-12+/t19-,20+,23-,25-/m1/s1. The van der Waals surface area contributed by atoms with Crippen molar-refractivity contribution in [2.45, 2.75) is 64.9 Å². The zero-order valence-corrected chi connectivity index (χ0v) is 21.6. The van der Waals surface area contributed by atoms with Crippen molar-refractivity contribution in [3.05, 3.63) is 46.3 Å². The van der Waals surface area contributed by atoms with Crippen LogP contribution in [0.25, 0.3) is 6.08 Å². The fraction of sp³-hybridized carbons (Fsp3) is 0.536. The first-order chi connectivity index (χ1) is 17.7. The molecule has 1 aliphatic carbocycles. The molecule has 0 saturated carbocycles. The van der Waals surface area contributed by atoms with Crippen LogP contribution in [-0.2, 0) is 14.3 Å². The molecule has 3 N–H and O–H groups in total. The van der Waals surface area contributed by atoms with Gasteiger partial charge in [-0.3, -0.25) is 9.59 Å². The van der Waals surface area contributed by atoms with Crippen molar-refractivity contribution >= 4 is 24.0 Å². The Hall–Kier alpha value is -3.04. The largest absolute Gasteiger partial charge is 0.505 e. The molecule has 3 amide bonds. The number of benzene rings is 1. The number of aliphatic hydroxyl groups is 2. The molecule has 1 fully saturated rings. The Bertz CT molecular complexity index is 1100. The Morgan fingerprint density at radius 2 is 1.95 bits per heavy atom. The van der Waals surface area contributed by atoms with Crippen LogP contribution in [0.5, 0.6) is 5.75 Å². The van der Waals surface area contributed by atoms with Gasteiger partial charge in [0.1, 0.15) is 0 Å². The topological polar surface area (TPSA) is 124 Å². The van der Waals surface area contributed by atoms with Gasteiger partial charge in [0, 0.05) is 5.92 Å². The Morgan fingerprint density at radius 3 is 2.54 bits per heavy atom. The maximum atomic E-state index is 13.8. The van der Waals surface area contributed by atoms with Crippen LogP contribution >= 0.6 is 0 Å². The zero-order valence-electron chi connectivity index (χ0n) is 21.6. The highest BCUT2D eigenvalue weighted by Gasteiger charge is 2.57. The predicted octanol–water partition coefficient (Wildman–Crippen LogP) is 4.33. The van der Waals surface area contributed by atoms with E-state index in [9.17, 15) is 34.1 Å². The van der Waals surface area contributed by atoms with Gasteiger partial charge in [-0.25, -0.2) is 9.18 Å². The lowest BCUT2D eigenvalue weighted by atomic mass is 9.67. The number of carbonyl (C=O) groups excluding carboxylic acids is 3. The lowest BCUT2D eigenvalue weighted by molar-refractivity contribution is -0.137. The van der Waals surface area contributed by atoms with Crippen molar-refractivity contribution in [3.63, 3.8) is 0 Å². The van der Waals surface area contributed by atoms with Crippen molar-refractivity contribution in [2.24, 2.45) is 17.8 Å². The second kappa shape index (κ2) is 12.5. The number of allylic oxidation sites excluding steroid dienone is 2. The van der Waals surface area contributed by atoms with Crippen LogP contribution < -0.4 is 0 Å². The first-order valence-corrected chi connectivity index (χ1v) is 12.8. The number of likely N-dealkylation sites (tertiary alicyclic amines) is 1. The van der Waals surface area contributed by atoms with E-state index in [4.69, 9.17) is 0 Å². The van der Waals surface area contributed by atoms with Gasteiger partial charge in [0.2, 0.25) is 11.8 Å². The van der Waals surface area contributed by atoms with Gasteiger partial charge in [0.05, 0.1) is 31.7 Å². The average Bonchev–Trinajstić information content (AvgIpc) is 3.12. The third kappa shape index (κ3) is 5.93. The van der Waals surface area contributed by atoms with Crippen LogP contribution in [0.1, 0.15) is 64.4 Å². The molecule has 1 aromatic carbocycles. The van der Waals surface area contributed by atoms with Gasteiger partial charge >= 0.3 is 6.09 Å². The fourth-order valence-corrected chi connectivity index (χ4v) is 5.69. The molecule has 202 valence electrons. The smallest absolute Gasteiger partial charge is 0.423 e. The number of imide groups is 3. The minimum absolute atomic E-state index is 0.240. The number of phenols is 1. The predicted molar refractivity (Wildman–Crippen MR) is 135 cm³/mol. The molecule has 1 aromatic rings. The number of fused-ring (bicyclic) bond motifs is 1.